The predicted octanol–water partition coefficient (Wildman–Crippen LogP) is 7.73. The van der Waals surface area contributed by atoms with Crippen LogP contribution in [0.3, 0.4) is 0 Å². The van der Waals surface area contributed by atoms with Gasteiger partial charge in [0.05, 0.1) is 12.7 Å². The predicted molar refractivity (Wildman–Crippen MR) is 188 cm³/mol. The Kier molecular flexibility index (Phi) is 7.59. The van der Waals surface area contributed by atoms with Crippen LogP contribution < -0.4 is 14.8 Å². The number of amides is 2. The van der Waals surface area contributed by atoms with E-state index in [-0.39, 0.29) is 10.7 Å². The molecule has 0 radical (unpaired) electrons. The maximum atomic E-state index is 15.9. The van der Waals surface area contributed by atoms with Gasteiger partial charge in [-0.05, 0) is 91.3 Å². The number of anilines is 1. The highest BCUT2D eigenvalue weighted by atomic mass is 32.2. The fourth-order valence-corrected chi connectivity index (χ4v) is 9.57. The van der Waals surface area contributed by atoms with Crippen molar-refractivity contribution in [3.05, 3.63) is 142 Å². The fraction of sp³-hybridized carbons (Fsp3) is 0.282. The van der Waals surface area contributed by atoms with E-state index >= 15 is 8.60 Å². The van der Waals surface area contributed by atoms with E-state index in [0.717, 1.165) is 40.7 Å². The van der Waals surface area contributed by atoms with Crippen LogP contribution in [0.15, 0.2) is 106 Å². The van der Waals surface area contributed by atoms with Crippen molar-refractivity contribution in [2.45, 2.75) is 75.0 Å². The van der Waals surface area contributed by atoms with E-state index in [4.69, 9.17) is 9.10 Å². The summed E-state index contributed by atoms with van der Waals surface area (Å²) in [5.41, 5.74) is 4.04. The van der Waals surface area contributed by atoms with E-state index in [2.05, 4.69) is 15.1 Å². The minimum Gasteiger partial charge on any atom is -0.469 e. The van der Waals surface area contributed by atoms with E-state index in [1.165, 1.54) is 6.20 Å². The van der Waals surface area contributed by atoms with Gasteiger partial charge in [-0.15, -0.1) is 0 Å². The summed E-state index contributed by atoms with van der Waals surface area (Å²) in [7, 11) is -3.88. The molecular weight excluding hydrogens is 638 g/mol. The Bertz CT molecular complexity index is 2060. The lowest BCUT2D eigenvalue weighted by Crippen LogP contribution is -2.38. The van der Waals surface area contributed by atoms with Crippen LogP contribution in [0.2, 0.25) is 0 Å². The van der Waals surface area contributed by atoms with Gasteiger partial charge in [0.2, 0.25) is 5.88 Å². The molecule has 2 amide bonds. The van der Waals surface area contributed by atoms with Crippen molar-refractivity contribution in [3.63, 3.8) is 0 Å². The molecule has 2 N–H and O–H groups in total. The largest absolute Gasteiger partial charge is 0.469 e. The molecule has 8 nitrogen and oxygen atoms in total. The minimum absolute atomic E-state index is 0.127. The number of hydrogen-bond acceptors (Lipinski definition) is 5. The molecule has 1 aromatic heterocycles. The van der Waals surface area contributed by atoms with Gasteiger partial charge in [0, 0.05) is 5.69 Å². The molecule has 0 fully saturated rings. The second-order valence-electron chi connectivity index (χ2n) is 13.6. The number of halogens is 1. The number of hydrogen-bond donors (Lipinski definition) is 2. The number of nitrogens with zero attached hydrogens (tertiary/aromatic N) is 3. The number of ether oxygens (including phenoxy) is 1. The first kappa shape index (κ1) is 31.3. The Hall–Kier alpha value is -4.96. The van der Waals surface area contributed by atoms with Crippen molar-refractivity contribution in [2.75, 3.05) is 5.32 Å². The molecule has 2 aliphatic carbocycles. The van der Waals surface area contributed by atoms with Crippen molar-refractivity contribution >= 4 is 21.6 Å². The average Bonchev–Trinajstić information content (AvgIpc) is 3.91. The molecule has 5 aromatic rings. The molecule has 4 aromatic carbocycles. The van der Waals surface area contributed by atoms with E-state index in [1.54, 1.807) is 4.68 Å². The number of aromatic nitrogens is 2. The highest BCUT2D eigenvalue weighted by Gasteiger charge is 2.42. The number of fused-ring (bicyclic) bond motifs is 3. The van der Waals surface area contributed by atoms with Gasteiger partial charge in [-0.25, -0.2) is 22.8 Å². The summed E-state index contributed by atoms with van der Waals surface area (Å²) in [6, 6.07) is 28.3. The standard InChI is InChI=1S/C39H38FN5O3S/c1-38(2)25-45-36(48-38)33(24-41-45)49(47,43-37(46)42-35-31-22-12-20-29(31)34(40)30-21-13-23-32(30)35)44-39(26-14-6-3-7-15-26,27-16-8-4-9-17-27)28-18-10-5-11-19-28/h3-11,14-19,24H,12-13,20-23,25H2,1-2H3,(H2,42,43,44,46,47)/t49-/m1/s1. The quantitative estimate of drug-likeness (QED) is 0.173. The van der Waals surface area contributed by atoms with Crippen molar-refractivity contribution in [3.8, 4) is 5.88 Å². The number of benzene rings is 4. The molecule has 0 saturated carbocycles. The Labute approximate surface area is 286 Å². The van der Waals surface area contributed by atoms with E-state index in [0.29, 0.717) is 54.9 Å². The number of carbonyl (C=O) groups excluding carboxylic acids is 1. The molecule has 2 heterocycles. The molecule has 0 unspecified atom stereocenters. The SMILES string of the molecule is CC1(C)Cn2ncc([S@](=O)(=NC(c3ccccc3)(c3ccccc3)c3ccccc3)NC(=O)Nc3c4c(c(F)c5c3CCC5)CCC4)c2O1. The van der Waals surface area contributed by atoms with Gasteiger partial charge >= 0.3 is 6.03 Å². The van der Waals surface area contributed by atoms with Crippen LogP contribution in [-0.2, 0) is 47.7 Å². The van der Waals surface area contributed by atoms with E-state index in [1.807, 2.05) is 105 Å². The van der Waals surface area contributed by atoms with Gasteiger partial charge in [0.25, 0.3) is 0 Å². The highest BCUT2D eigenvalue weighted by Crippen LogP contribution is 2.45. The third-order valence-electron chi connectivity index (χ3n) is 9.84. The van der Waals surface area contributed by atoms with Crippen LogP contribution >= 0.6 is 0 Å². The number of carbonyl (C=O) groups is 1. The molecule has 8 rings (SSSR count). The topological polar surface area (TPSA) is 97.6 Å². The molecule has 0 bridgehead atoms. The average molecular weight is 676 g/mol. The lowest BCUT2D eigenvalue weighted by molar-refractivity contribution is 0.132. The smallest absolute Gasteiger partial charge is 0.331 e. The van der Waals surface area contributed by atoms with Gasteiger partial charge in [-0.1, -0.05) is 91.0 Å². The highest BCUT2D eigenvalue weighted by molar-refractivity contribution is 7.92. The van der Waals surface area contributed by atoms with Crippen molar-refractivity contribution in [2.24, 2.45) is 4.36 Å². The summed E-state index contributed by atoms with van der Waals surface area (Å²) in [6.45, 7) is 4.31. The Morgan fingerprint density at radius 2 is 1.33 bits per heavy atom. The van der Waals surface area contributed by atoms with E-state index in [9.17, 15) is 4.79 Å². The second kappa shape index (κ2) is 11.9. The minimum atomic E-state index is -3.88. The third kappa shape index (κ3) is 5.29. The number of nitrogens with one attached hydrogen (secondary N) is 2. The van der Waals surface area contributed by atoms with Gasteiger partial charge < -0.3 is 10.1 Å². The molecule has 0 spiro atoms. The zero-order valence-corrected chi connectivity index (χ0v) is 28.4. The molecule has 49 heavy (non-hydrogen) atoms. The van der Waals surface area contributed by atoms with Crippen molar-refractivity contribution < 1.29 is 18.1 Å². The molecule has 1 atom stereocenters. The molecule has 0 saturated heterocycles. The molecule has 3 aliphatic rings. The van der Waals surface area contributed by atoms with E-state index < -0.39 is 27.1 Å². The summed E-state index contributed by atoms with van der Waals surface area (Å²) in [5, 5.41) is 7.59. The van der Waals surface area contributed by atoms with Crippen LogP contribution in [0.1, 0.15) is 65.6 Å². The first-order chi connectivity index (χ1) is 23.7. The Balaban J connectivity index is 1.35. The number of urea groups is 1. The van der Waals surface area contributed by atoms with Crippen molar-refractivity contribution in [1.29, 1.82) is 0 Å². The Morgan fingerprint density at radius 3 is 1.84 bits per heavy atom. The van der Waals surface area contributed by atoms with Crippen LogP contribution in [0.25, 0.3) is 0 Å². The molecule has 10 heteroatoms. The molecule has 1 aliphatic heterocycles. The summed E-state index contributed by atoms with van der Waals surface area (Å²) < 4.78 is 47.6. The van der Waals surface area contributed by atoms with Crippen molar-refractivity contribution in [1.82, 2.24) is 14.5 Å². The zero-order valence-electron chi connectivity index (χ0n) is 27.5. The lowest BCUT2D eigenvalue weighted by atomic mass is 9.78. The maximum absolute atomic E-state index is 15.9. The Morgan fingerprint density at radius 1 is 0.837 bits per heavy atom. The number of rotatable bonds is 7. The normalized spacial score (nSPS) is 17.0. The van der Waals surface area contributed by atoms with Gasteiger partial charge in [0.15, 0.2) is 9.92 Å². The van der Waals surface area contributed by atoms with Crippen LogP contribution in [0.4, 0.5) is 14.9 Å². The third-order valence-corrected chi connectivity index (χ3v) is 11.7. The van der Waals surface area contributed by atoms with Crippen LogP contribution in [0, 0.1) is 5.82 Å². The first-order valence-electron chi connectivity index (χ1n) is 16.8. The zero-order chi connectivity index (χ0) is 33.8. The first-order valence-corrected chi connectivity index (χ1v) is 18.3. The van der Waals surface area contributed by atoms with Crippen LogP contribution in [0.5, 0.6) is 5.88 Å². The summed E-state index contributed by atoms with van der Waals surface area (Å²) in [5.74, 6) is 0.170. The maximum Gasteiger partial charge on any atom is 0.331 e. The molecule has 250 valence electrons. The monoisotopic (exact) mass is 675 g/mol. The van der Waals surface area contributed by atoms with Crippen LogP contribution in [-0.4, -0.2) is 25.6 Å². The van der Waals surface area contributed by atoms with Gasteiger partial charge in [0.1, 0.15) is 21.9 Å². The summed E-state index contributed by atoms with van der Waals surface area (Å²) in [6.07, 6.45) is 5.75. The summed E-state index contributed by atoms with van der Waals surface area (Å²) >= 11 is 0. The fourth-order valence-electron chi connectivity index (χ4n) is 7.74. The lowest BCUT2D eigenvalue weighted by Gasteiger charge is -2.33. The van der Waals surface area contributed by atoms with Gasteiger partial charge in [-0.3, -0.25) is 0 Å². The van der Waals surface area contributed by atoms with Gasteiger partial charge in [-0.2, -0.15) is 9.46 Å². The second-order valence-corrected chi connectivity index (χ2v) is 15.5. The molecular formula is C39H38FN5O3S. The summed E-state index contributed by atoms with van der Waals surface area (Å²) in [4.78, 5) is 14.5.